The normalized spacial score (nSPS) is 12.7. The fourth-order valence-electron chi connectivity index (χ4n) is 2.40. The average molecular weight is 293 g/mol. The van der Waals surface area contributed by atoms with Crippen molar-refractivity contribution in [1.29, 1.82) is 0 Å². The fourth-order valence-corrected chi connectivity index (χ4v) is 2.40. The van der Waals surface area contributed by atoms with Crippen molar-refractivity contribution in [3.8, 4) is 0 Å². The molecule has 1 rings (SSSR count). The number of benzene rings is 1. The summed E-state index contributed by atoms with van der Waals surface area (Å²) in [6, 6.07) is 9.81. The van der Waals surface area contributed by atoms with E-state index < -0.39 is 0 Å². The second-order valence-corrected chi connectivity index (χ2v) is 5.63. The Bertz CT molecular complexity index is 406. The summed E-state index contributed by atoms with van der Waals surface area (Å²) in [6.45, 7) is 7.41. The van der Waals surface area contributed by atoms with E-state index in [0.717, 1.165) is 18.7 Å². The third-order valence-electron chi connectivity index (χ3n) is 3.36. The molecule has 21 heavy (non-hydrogen) atoms. The summed E-state index contributed by atoms with van der Waals surface area (Å²) in [5.74, 6) is 0.0927. The quantitative estimate of drug-likeness (QED) is 0.656. The number of carbonyl (C=O) groups is 1. The molecule has 0 N–H and O–H groups in total. The summed E-state index contributed by atoms with van der Waals surface area (Å²) in [6.07, 6.45) is 0. The van der Waals surface area contributed by atoms with Crippen LogP contribution in [0, 0.1) is 5.92 Å². The second kappa shape index (κ2) is 9.53. The van der Waals surface area contributed by atoms with E-state index in [0.29, 0.717) is 19.1 Å². The average Bonchev–Trinajstić information content (AvgIpc) is 2.49. The molecule has 1 aromatic rings. The van der Waals surface area contributed by atoms with Crippen molar-refractivity contribution in [3.05, 3.63) is 35.9 Å². The lowest BCUT2D eigenvalue weighted by atomic mass is 9.98. The van der Waals surface area contributed by atoms with Crippen LogP contribution in [0.15, 0.2) is 30.3 Å². The maximum atomic E-state index is 12.1. The van der Waals surface area contributed by atoms with Gasteiger partial charge >= 0.3 is 5.97 Å². The Morgan fingerprint density at radius 3 is 2.33 bits per heavy atom. The second-order valence-electron chi connectivity index (χ2n) is 5.63. The fraction of sp³-hybridized carbons (Fsp3) is 0.588. The lowest BCUT2D eigenvalue weighted by Gasteiger charge is -2.27. The van der Waals surface area contributed by atoms with Crippen molar-refractivity contribution in [2.75, 3.05) is 40.5 Å². The van der Waals surface area contributed by atoms with Gasteiger partial charge < -0.3 is 9.47 Å². The van der Waals surface area contributed by atoms with Crippen LogP contribution in [0.4, 0.5) is 0 Å². The molecule has 0 saturated heterocycles. The van der Waals surface area contributed by atoms with Gasteiger partial charge in [-0.25, -0.2) is 0 Å². The molecule has 0 fully saturated rings. The first kappa shape index (κ1) is 17.7. The molecule has 0 saturated carbocycles. The Morgan fingerprint density at radius 1 is 1.14 bits per heavy atom. The predicted molar refractivity (Wildman–Crippen MR) is 84.4 cm³/mol. The Morgan fingerprint density at radius 2 is 1.81 bits per heavy atom. The maximum absolute atomic E-state index is 12.1. The highest BCUT2D eigenvalue weighted by molar-refractivity contribution is 5.78. The standard InChI is InChI=1S/C17H27NO3/c1-14(2)12-18(10-11-20-3)13-16(17(19)21-4)15-8-6-5-7-9-15/h5-9,14,16H,10-13H2,1-4H3. The number of nitrogens with zero attached hydrogens (tertiary/aromatic N) is 1. The van der Waals surface area contributed by atoms with E-state index in [1.165, 1.54) is 7.11 Å². The van der Waals surface area contributed by atoms with Gasteiger partial charge in [-0.3, -0.25) is 9.69 Å². The zero-order valence-electron chi connectivity index (χ0n) is 13.5. The minimum absolute atomic E-state index is 0.188. The Kier molecular flexibility index (Phi) is 8.01. The van der Waals surface area contributed by atoms with Crippen molar-refractivity contribution in [2.24, 2.45) is 5.92 Å². The highest BCUT2D eigenvalue weighted by atomic mass is 16.5. The summed E-state index contributed by atoms with van der Waals surface area (Å²) in [4.78, 5) is 14.4. The van der Waals surface area contributed by atoms with Gasteiger partial charge in [0.15, 0.2) is 0 Å². The molecule has 0 spiro atoms. The maximum Gasteiger partial charge on any atom is 0.314 e. The minimum atomic E-state index is -0.258. The van der Waals surface area contributed by atoms with E-state index in [4.69, 9.17) is 9.47 Å². The first-order valence-corrected chi connectivity index (χ1v) is 7.42. The Balaban J connectivity index is 2.83. The number of hydrogen-bond donors (Lipinski definition) is 0. The van der Waals surface area contributed by atoms with Crippen LogP contribution in [0.1, 0.15) is 25.3 Å². The Hall–Kier alpha value is -1.39. The number of carbonyl (C=O) groups excluding carboxylic acids is 1. The van der Waals surface area contributed by atoms with Crippen molar-refractivity contribution in [1.82, 2.24) is 4.90 Å². The predicted octanol–water partition coefficient (Wildman–Crippen LogP) is 2.55. The molecule has 0 aliphatic carbocycles. The molecule has 118 valence electrons. The van der Waals surface area contributed by atoms with Crippen LogP contribution in [0.25, 0.3) is 0 Å². The summed E-state index contributed by atoms with van der Waals surface area (Å²) >= 11 is 0. The van der Waals surface area contributed by atoms with Gasteiger partial charge in [0.2, 0.25) is 0 Å². The van der Waals surface area contributed by atoms with Crippen LogP contribution in [0.2, 0.25) is 0 Å². The highest BCUT2D eigenvalue weighted by Crippen LogP contribution is 2.19. The van der Waals surface area contributed by atoms with Gasteiger partial charge in [-0.2, -0.15) is 0 Å². The number of hydrogen-bond acceptors (Lipinski definition) is 4. The Labute approximate surface area is 128 Å². The molecular formula is C17H27NO3. The molecule has 4 heteroatoms. The minimum Gasteiger partial charge on any atom is -0.469 e. The van der Waals surface area contributed by atoms with Crippen LogP contribution in [-0.4, -0.2) is 51.3 Å². The molecule has 0 aliphatic rings. The van der Waals surface area contributed by atoms with Gasteiger partial charge in [-0.15, -0.1) is 0 Å². The molecule has 0 bridgehead atoms. The molecule has 4 nitrogen and oxygen atoms in total. The van der Waals surface area contributed by atoms with Gasteiger partial charge in [0, 0.05) is 26.7 Å². The molecule has 0 radical (unpaired) electrons. The SMILES string of the molecule is COCCN(CC(C)C)CC(C(=O)OC)c1ccccc1. The number of rotatable bonds is 9. The van der Waals surface area contributed by atoms with Gasteiger partial charge in [0.05, 0.1) is 19.6 Å². The van der Waals surface area contributed by atoms with E-state index in [2.05, 4.69) is 18.7 Å². The zero-order valence-corrected chi connectivity index (χ0v) is 13.5. The van der Waals surface area contributed by atoms with E-state index in [9.17, 15) is 4.79 Å². The van der Waals surface area contributed by atoms with Gasteiger partial charge in [-0.1, -0.05) is 44.2 Å². The van der Waals surface area contributed by atoms with Crippen molar-refractivity contribution in [3.63, 3.8) is 0 Å². The summed E-state index contributed by atoms with van der Waals surface area (Å²) in [5.41, 5.74) is 0.996. The van der Waals surface area contributed by atoms with Crippen LogP contribution in [-0.2, 0) is 14.3 Å². The highest BCUT2D eigenvalue weighted by Gasteiger charge is 2.24. The van der Waals surface area contributed by atoms with Gasteiger partial charge in [-0.05, 0) is 11.5 Å². The molecular weight excluding hydrogens is 266 g/mol. The summed E-state index contributed by atoms with van der Waals surface area (Å²) in [5, 5.41) is 0. The van der Waals surface area contributed by atoms with E-state index in [-0.39, 0.29) is 11.9 Å². The van der Waals surface area contributed by atoms with Crippen LogP contribution < -0.4 is 0 Å². The monoisotopic (exact) mass is 293 g/mol. The van der Waals surface area contributed by atoms with Crippen LogP contribution in [0.5, 0.6) is 0 Å². The first-order valence-electron chi connectivity index (χ1n) is 7.42. The third kappa shape index (κ3) is 6.27. The third-order valence-corrected chi connectivity index (χ3v) is 3.36. The lowest BCUT2D eigenvalue weighted by Crippen LogP contribution is -2.37. The lowest BCUT2D eigenvalue weighted by molar-refractivity contribution is -0.143. The van der Waals surface area contributed by atoms with Crippen molar-refractivity contribution < 1.29 is 14.3 Å². The molecule has 0 aliphatic heterocycles. The molecule has 0 heterocycles. The molecule has 1 aromatic carbocycles. The molecule has 1 unspecified atom stereocenters. The number of esters is 1. The number of ether oxygens (including phenoxy) is 2. The first-order chi connectivity index (χ1) is 10.1. The molecule has 0 aromatic heterocycles. The van der Waals surface area contributed by atoms with Crippen LogP contribution in [0.3, 0.4) is 0 Å². The van der Waals surface area contributed by atoms with E-state index >= 15 is 0 Å². The summed E-state index contributed by atoms with van der Waals surface area (Å²) < 4.78 is 10.2. The number of methoxy groups -OCH3 is 2. The van der Waals surface area contributed by atoms with E-state index in [1.807, 2.05) is 30.3 Å². The van der Waals surface area contributed by atoms with Gasteiger partial charge in [0.25, 0.3) is 0 Å². The summed E-state index contributed by atoms with van der Waals surface area (Å²) in [7, 11) is 3.14. The van der Waals surface area contributed by atoms with Crippen molar-refractivity contribution >= 4 is 5.97 Å². The van der Waals surface area contributed by atoms with Gasteiger partial charge in [0.1, 0.15) is 0 Å². The topological polar surface area (TPSA) is 38.8 Å². The molecule has 0 amide bonds. The van der Waals surface area contributed by atoms with E-state index in [1.54, 1.807) is 7.11 Å². The molecule has 1 atom stereocenters. The smallest absolute Gasteiger partial charge is 0.314 e. The van der Waals surface area contributed by atoms with Crippen LogP contribution >= 0.6 is 0 Å². The van der Waals surface area contributed by atoms with Crippen molar-refractivity contribution in [2.45, 2.75) is 19.8 Å². The zero-order chi connectivity index (χ0) is 15.7. The largest absolute Gasteiger partial charge is 0.469 e.